The topological polar surface area (TPSA) is 70.2 Å². The normalized spacial score (nSPS) is 28.9. The van der Waals surface area contributed by atoms with E-state index in [0.29, 0.717) is 37.4 Å². The van der Waals surface area contributed by atoms with E-state index in [1.165, 1.54) is 0 Å². The molecule has 29 heavy (non-hydrogen) atoms. The summed E-state index contributed by atoms with van der Waals surface area (Å²) in [6, 6.07) is 5.95. The molecule has 3 aliphatic rings. The Morgan fingerprint density at radius 3 is 2.41 bits per heavy atom. The maximum absolute atomic E-state index is 13.4. The fourth-order valence-electron chi connectivity index (χ4n) is 4.69. The highest BCUT2D eigenvalue weighted by molar-refractivity contribution is 7.89. The van der Waals surface area contributed by atoms with Crippen LogP contribution in [0.25, 0.3) is 0 Å². The molecule has 9 heteroatoms. The molecule has 1 aromatic rings. The van der Waals surface area contributed by atoms with Gasteiger partial charge < -0.3 is 14.5 Å². The van der Waals surface area contributed by atoms with Crippen LogP contribution in [-0.4, -0.2) is 80.0 Å². The number of piperidine rings is 2. The number of amides is 1. The summed E-state index contributed by atoms with van der Waals surface area (Å²) in [7, 11) is -1.64. The number of fused-ring (bicyclic) bond motifs is 2. The summed E-state index contributed by atoms with van der Waals surface area (Å²) >= 11 is 5.93. The average Bonchev–Trinajstić information content (AvgIpc) is 2.70. The van der Waals surface area contributed by atoms with Crippen LogP contribution >= 0.6 is 11.6 Å². The van der Waals surface area contributed by atoms with Crippen molar-refractivity contribution in [3.8, 4) is 0 Å². The van der Waals surface area contributed by atoms with Crippen LogP contribution < -0.4 is 0 Å². The van der Waals surface area contributed by atoms with Crippen molar-refractivity contribution in [2.24, 2.45) is 0 Å². The first-order valence-electron chi connectivity index (χ1n) is 10.3. The number of likely N-dealkylation sites (N-methyl/N-ethyl adjacent to an activating group) is 1. The summed E-state index contributed by atoms with van der Waals surface area (Å²) in [5, 5.41) is 0.502. The van der Waals surface area contributed by atoms with E-state index in [1.54, 1.807) is 33.5 Å². The molecular formula is C20H28ClN3O4S. The molecule has 0 spiro atoms. The summed E-state index contributed by atoms with van der Waals surface area (Å²) in [4.78, 5) is 16.8. The minimum absolute atomic E-state index is 0.0342. The first kappa shape index (κ1) is 20.9. The van der Waals surface area contributed by atoms with Crippen molar-refractivity contribution < 1.29 is 17.9 Å². The molecule has 1 amide bonds. The molecule has 3 heterocycles. The zero-order valence-corrected chi connectivity index (χ0v) is 18.2. The summed E-state index contributed by atoms with van der Waals surface area (Å²) in [6.45, 7) is 2.93. The lowest BCUT2D eigenvalue weighted by atomic mass is 9.85. The number of halogens is 1. The molecule has 160 valence electrons. The van der Waals surface area contributed by atoms with Gasteiger partial charge in [0.1, 0.15) is 6.10 Å². The highest BCUT2D eigenvalue weighted by atomic mass is 35.5. The van der Waals surface area contributed by atoms with E-state index in [1.807, 2.05) is 7.05 Å². The number of carbonyl (C=O) groups excluding carboxylic acids is 1. The molecule has 3 fully saturated rings. The van der Waals surface area contributed by atoms with E-state index in [2.05, 4.69) is 4.90 Å². The number of nitrogens with zero attached hydrogens (tertiary/aromatic N) is 3. The molecule has 2 bridgehead atoms. The lowest BCUT2D eigenvalue weighted by Gasteiger charge is -2.48. The summed E-state index contributed by atoms with van der Waals surface area (Å²) < 4.78 is 34.3. The fourth-order valence-corrected chi connectivity index (χ4v) is 6.74. The predicted molar refractivity (Wildman–Crippen MR) is 110 cm³/mol. The van der Waals surface area contributed by atoms with Crippen molar-refractivity contribution >= 4 is 27.7 Å². The molecule has 0 N–H and O–H groups in total. The Morgan fingerprint density at radius 2 is 1.72 bits per heavy atom. The van der Waals surface area contributed by atoms with Crippen LogP contribution in [0.15, 0.2) is 29.2 Å². The molecule has 3 aliphatic heterocycles. The molecule has 0 aliphatic carbocycles. The van der Waals surface area contributed by atoms with Crippen LogP contribution in [0, 0.1) is 0 Å². The van der Waals surface area contributed by atoms with Gasteiger partial charge in [0.15, 0.2) is 0 Å². The Labute approximate surface area is 177 Å². The minimum Gasteiger partial charge on any atom is -0.444 e. The molecule has 0 aromatic heterocycles. The molecule has 7 nitrogen and oxygen atoms in total. The third-order valence-corrected chi connectivity index (χ3v) is 8.58. The monoisotopic (exact) mass is 441 g/mol. The van der Waals surface area contributed by atoms with Crippen LogP contribution in [-0.2, 0) is 14.8 Å². The van der Waals surface area contributed by atoms with Crippen molar-refractivity contribution in [3.05, 3.63) is 29.3 Å². The fraction of sp³-hybridized carbons (Fsp3) is 0.650. The van der Waals surface area contributed by atoms with E-state index in [0.717, 1.165) is 25.9 Å². The number of carbonyl (C=O) groups is 1. The first-order valence-corrected chi connectivity index (χ1v) is 12.1. The SMILES string of the molecule is CN1CCN(C(=O)O[C@H]2CCC3CCCC2N3S(=O)(=O)c2ccc(Cl)cc2)CC1. The third-order valence-electron chi connectivity index (χ3n) is 6.34. The Hall–Kier alpha value is -1.35. The Bertz CT molecular complexity index is 840. The van der Waals surface area contributed by atoms with Crippen molar-refractivity contribution in [1.29, 1.82) is 0 Å². The molecule has 4 rings (SSSR count). The van der Waals surface area contributed by atoms with Gasteiger partial charge in [0, 0.05) is 37.2 Å². The van der Waals surface area contributed by atoms with Crippen LogP contribution in [0.4, 0.5) is 4.79 Å². The van der Waals surface area contributed by atoms with Crippen molar-refractivity contribution in [2.45, 2.75) is 55.2 Å². The lowest BCUT2D eigenvalue weighted by molar-refractivity contribution is -0.0282. The zero-order chi connectivity index (χ0) is 20.6. The highest BCUT2D eigenvalue weighted by Gasteiger charge is 2.48. The van der Waals surface area contributed by atoms with Crippen LogP contribution in [0.1, 0.15) is 32.1 Å². The molecule has 1 aromatic carbocycles. The van der Waals surface area contributed by atoms with Gasteiger partial charge in [0.05, 0.1) is 10.9 Å². The molecule has 2 unspecified atom stereocenters. The van der Waals surface area contributed by atoms with Gasteiger partial charge in [-0.2, -0.15) is 4.31 Å². The second-order valence-electron chi connectivity index (χ2n) is 8.23. The zero-order valence-electron chi connectivity index (χ0n) is 16.7. The number of benzene rings is 1. The number of rotatable bonds is 3. The number of hydrogen-bond donors (Lipinski definition) is 0. The van der Waals surface area contributed by atoms with E-state index in [9.17, 15) is 13.2 Å². The van der Waals surface area contributed by atoms with Gasteiger partial charge in [0.2, 0.25) is 10.0 Å². The molecular weight excluding hydrogens is 414 g/mol. The van der Waals surface area contributed by atoms with Crippen molar-refractivity contribution in [2.75, 3.05) is 33.2 Å². The van der Waals surface area contributed by atoms with Gasteiger partial charge in [-0.25, -0.2) is 13.2 Å². The largest absolute Gasteiger partial charge is 0.444 e. The number of ether oxygens (including phenoxy) is 1. The predicted octanol–water partition coefficient (Wildman–Crippen LogP) is 2.80. The van der Waals surface area contributed by atoms with E-state index in [4.69, 9.17) is 16.3 Å². The van der Waals surface area contributed by atoms with Crippen molar-refractivity contribution in [1.82, 2.24) is 14.1 Å². The third kappa shape index (κ3) is 4.26. The van der Waals surface area contributed by atoms with Gasteiger partial charge >= 0.3 is 6.09 Å². The van der Waals surface area contributed by atoms with Gasteiger partial charge in [-0.15, -0.1) is 0 Å². The summed E-state index contributed by atoms with van der Waals surface area (Å²) in [5.74, 6) is 0. The Morgan fingerprint density at radius 1 is 1.03 bits per heavy atom. The second kappa shape index (κ2) is 8.41. The summed E-state index contributed by atoms with van der Waals surface area (Å²) in [6.07, 6.45) is 3.21. The number of sulfonamides is 1. The number of hydrogen-bond acceptors (Lipinski definition) is 5. The minimum atomic E-state index is -3.68. The van der Waals surface area contributed by atoms with Gasteiger partial charge in [-0.1, -0.05) is 18.0 Å². The van der Waals surface area contributed by atoms with Crippen LogP contribution in [0.3, 0.4) is 0 Å². The second-order valence-corrected chi connectivity index (χ2v) is 10.5. The maximum Gasteiger partial charge on any atom is 0.410 e. The average molecular weight is 442 g/mol. The maximum atomic E-state index is 13.4. The van der Waals surface area contributed by atoms with E-state index in [-0.39, 0.29) is 23.1 Å². The van der Waals surface area contributed by atoms with E-state index >= 15 is 0 Å². The molecule has 3 saturated heterocycles. The summed E-state index contributed by atoms with van der Waals surface area (Å²) in [5.41, 5.74) is 0. The quantitative estimate of drug-likeness (QED) is 0.721. The first-order chi connectivity index (χ1) is 13.9. The molecule has 0 saturated carbocycles. The van der Waals surface area contributed by atoms with Gasteiger partial charge in [-0.3, -0.25) is 0 Å². The van der Waals surface area contributed by atoms with Crippen LogP contribution in [0.2, 0.25) is 5.02 Å². The van der Waals surface area contributed by atoms with Crippen molar-refractivity contribution in [3.63, 3.8) is 0 Å². The van der Waals surface area contributed by atoms with E-state index < -0.39 is 16.1 Å². The lowest BCUT2D eigenvalue weighted by Crippen LogP contribution is -2.59. The van der Waals surface area contributed by atoms with Gasteiger partial charge in [0.25, 0.3) is 0 Å². The van der Waals surface area contributed by atoms with Crippen LogP contribution in [0.5, 0.6) is 0 Å². The standard InChI is InChI=1S/C20H28ClN3O4S/c1-22-11-13-23(14-12-22)20(25)28-19-10-7-16-3-2-4-18(19)24(16)29(26,27)17-8-5-15(21)6-9-17/h5-6,8-9,16,18-19H,2-4,7,10-14H2,1H3/t16?,18?,19-/m0/s1. The molecule has 0 radical (unpaired) electrons. The highest BCUT2D eigenvalue weighted by Crippen LogP contribution is 2.39. The Balaban J connectivity index is 1.52. The van der Waals surface area contributed by atoms with Gasteiger partial charge in [-0.05, 0) is 57.0 Å². The smallest absolute Gasteiger partial charge is 0.410 e. The molecule has 3 atom stereocenters. The number of piperazine rings is 1. The Kier molecular flexibility index (Phi) is 6.06.